The lowest BCUT2D eigenvalue weighted by atomic mass is 9.98. The van der Waals surface area contributed by atoms with Crippen molar-refractivity contribution in [2.24, 2.45) is 0 Å². The van der Waals surface area contributed by atoms with Crippen LogP contribution < -0.4 is 0 Å². The van der Waals surface area contributed by atoms with Gasteiger partial charge in [0.25, 0.3) is 0 Å². The summed E-state index contributed by atoms with van der Waals surface area (Å²) >= 11 is 0. The van der Waals surface area contributed by atoms with Crippen molar-refractivity contribution in [3.8, 4) is 33.8 Å². The molecule has 6 aromatic rings. The molecule has 0 unspecified atom stereocenters. The van der Waals surface area contributed by atoms with E-state index in [1.54, 1.807) is 0 Å². The molecule has 2 heterocycles. The fraction of sp³-hybridized carbons (Fsp3) is 0.0345. The normalized spacial score (nSPS) is 11.3. The van der Waals surface area contributed by atoms with Crippen LogP contribution in [0.5, 0.6) is 0 Å². The van der Waals surface area contributed by atoms with E-state index < -0.39 is 0 Å². The van der Waals surface area contributed by atoms with E-state index in [9.17, 15) is 0 Å². The standard InChI is InChI=1S/C29H20N2O/c1-19-18-25(23-15-9-17-27-28(23)24-14-7-8-16-26(24)32-27)31-29(30-19)22-13-6-5-12-21(22)20-10-3-2-4-11-20/h2-18H,1H3. The molecule has 2 aromatic heterocycles. The first-order valence-electron chi connectivity index (χ1n) is 10.7. The Kier molecular flexibility index (Phi) is 4.32. The molecule has 3 heteroatoms. The summed E-state index contributed by atoms with van der Waals surface area (Å²) in [5, 5.41) is 2.18. The highest BCUT2D eigenvalue weighted by Crippen LogP contribution is 2.37. The summed E-state index contributed by atoms with van der Waals surface area (Å²) in [6.07, 6.45) is 0. The topological polar surface area (TPSA) is 38.9 Å². The second kappa shape index (κ2) is 7.47. The first-order chi connectivity index (χ1) is 15.8. The predicted molar refractivity (Wildman–Crippen MR) is 130 cm³/mol. The summed E-state index contributed by atoms with van der Waals surface area (Å²) in [6, 6.07) is 35.0. The molecule has 0 aliphatic carbocycles. The van der Waals surface area contributed by atoms with Crippen LogP contribution in [0.2, 0.25) is 0 Å². The van der Waals surface area contributed by atoms with E-state index in [1.807, 2.05) is 55.5 Å². The smallest absolute Gasteiger partial charge is 0.160 e. The highest BCUT2D eigenvalue weighted by Gasteiger charge is 2.16. The fourth-order valence-electron chi connectivity index (χ4n) is 4.36. The number of hydrogen-bond acceptors (Lipinski definition) is 3. The largest absolute Gasteiger partial charge is 0.456 e. The highest BCUT2D eigenvalue weighted by atomic mass is 16.3. The second-order valence-corrected chi connectivity index (χ2v) is 7.91. The average Bonchev–Trinajstić information content (AvgIpc) is 3.23. The van der Waals surface area contributed by atoms with Gasteiger partial charge in [0.05, 0.1) is 5.69 Å². The Morgan fingerprint density at radius 1 is 0.594 bits per heavy atom. The van der Waals surface area contributed by atoms with Gasteiger partial charge in [0.2, 0.25) is 0 Å². The second-order valence-electron chi connectivity index (χ2n) is 7.91. The van der Waals surface area contributed by atoms with Gasteiger partial charge in [-0.15, -0.1) is 0 Å². The third-order valence-electron chi connectivity index (χ3n) is 5.79. The molecule has 4 aromatic carbocycles. The van der Waals surface area contributed by atoms with Crippen LogP contribution >= 0.6 is 0 Å². The molecular formula is C29H20N2O. The van der Waals surface area contributed by atoms with E-state index in [2.05, 4.69) is 54.6 Å². The Labute approximate surface area is 186 Å². The van der Waals surface area contributed by atoms with Crippen molar-refractivity contribution in [2.45, 2.75) is 6.92 Å². The maximum absolute atomic E-state index is 6.09. The molecule has 0 fully saturated rings. The van der Waals surface area contributed by atoms with Crippen molar-refractivity contribution in [1.82, 2.24) is 9.97 Å². The zero-order chi connectivity index (χ0) is 21.5. The van der Waals surface area contributed by atoms with Gasteiger partial charge >= 0.3 is 0 Å². The zero-order valence-electron chi connectivity index (χ0n) is 17.6. The van der Waals surface area contributed by atoms with Gasteiger partial charge in [0.15, 0.2) is 5.82 Å². The van der Waals surface area contributed by atoms with Crippen LogP contribution in [0.25, 0.3) is 55.7 Å². The van der Waals surface area contributed by atoms with Gasteiger partial charge in [-0.05, 0) is 36.2 Å². The molecule has 0 aliphatic rings. The monoisotopic (exact) mass is 412 g/mol. The lowest BCUT2D eigenvalue weighted by Crippen LogP contribution is -1.97. The van der Waals surface area contributed by atoms with Crippen molar-refractivity contribution in [3.05, 3.63) is 109 Å². The number of aryl methyl sites for hydroxylation is 1. The van der Waals surface area contributed by atoms with E-state index >= 15 is 0 Å². The average molecular weight is 412 g/mol. The maximum atomic E-state index is 6.09. The molecule has 152 valence electrons. The van der Waals surface area contributed by atoms with Gasteiger partial charge in [-0.3, -0.25) is 0 Å². The number of rotatable bonds is 3. The first kappa shape index (κ1) is 18.5. The van der Waals surface area contributed by atoms with Crippen LogP contribution in [0.15, 0.2) is 108 Å². The van der Waals surface area contributed by atoms with E-state index in [0.29, 0.717) is 0 Å². The van der Waals surface area contributed by atoms with Crippen LogP contribution in [0.4, 0.5) is 0 Å². The number of nitrogens with zero attached hydrogens (tertiary/aromatic N) is 2. The van der Waals surface area contributed by atoms with Crippen LogP contribution in [0.1, 0.15) is 5.69 Å². The van der Waals surface area contributed by atoms with E-state index in [0.717, 1.165) is 61.4 Å². The number of hydrogen-bond donors (Lipinski definition) is 0. The lowest BCUT2D eigenvalue weighted by Gasteiger charge is -2.11. The minimum Gasteiger partial charge on any atom is -0.456 e. The summed E-state index contributed by atoms with van der Waals surface area (Å²) in [5.41, 5.74) is 7.92. The third-order valence-corrected chi connectivity index (χ3v) is 5.79. The molecule has 0 atom stereocenters. The summed E-state index contributed by atoms with van der Waals surface area (Å²) in [5.74, 6) is 0.726. The first-order valence-corrected chi connectivity index (χ1v) is 10.7. The van der Waals surface area contributed by atoms with Crippen molar-refractivity contribution in [1.29, 1.82) is 0 Å². The molecule has 0 amide bonds. The Bertz CT molecular complexity index is 1580. The minimum absolute atomic E-state index is 0.726. The molecular weight excluding hydrogens is 392 g/mol. The molecule has 0 saturated heterocycles. The van der Waals surface area contributed by atoms with Crippen molar-refractivity contribution >= 4 is 21.9 Å². The van der Waals surface area contributed by atoms with Crippen molar-refractivity contribution < 1.29 is 4.42 Å². The Morgan fingerprint density at radius 2 is 1.28 bits per heavy atom. The lowest BCUT2D eigenvalue weighted by molar-refractivity contribution is 0.669. The van der Waals surface area contributed by atoms with Gasteiger partial charge in [0.1, 0.15) is 11.2 Å². The van der Waals surface area contributed by atoms with Gasteiger partial charge in [-0.25, -0.2) is 9.97 Å². The number of para-hydroxylation sites is 1. The Balaban J connectivity index is 1.59. The molecule has 0 aliphatic heterocycles. The van der Waals surface area contributed by atoms with E-state index in [-0.39, 0.29) is 0 Å². The summed E-state index contributed by atoms with van der Waals surface area (Å²) < 4.78 is 6.09. The molecule has 0 saturated carbocycles. The van der Waals surface area contributed by atoms with Crippen LogP contribution in [0.3, 0.4) is 0 Å². The minimum atomic E-state index is 0.726. The van der Waals surface area contributed by atoms with Crippen LogP contribution in [-0.4, -0.2) is 9.97 Å². The van der Waals surface area contributed by atoms with E-state index in [1.165, 1.54) is 0 Å². The number of furan rings is 1. The van der Waals surface area contributed by atoms with Gasteiger partial charge in [-0.1, -0.05) is 84.9 Å². The summed E-state index contributed by atoms with van der Waals surface area (Å²) in [6.45, 7) is 2.02. The maximum Gasteiger partial charge on any atom is 0.160 e. The molecule has 0 radical (unpaired) electrons. The Morgan fingerprint density at radius 3 is 2.16 bits per heavy atom. The molecule has 0 N–H and O–H groups in total. The summed E-state index contributed by atoms with van der Waals surface area (Å²) in [4.78, 5) is 9.86. The van der Waals surface area contributed by atoms with Gasteiger partial charge < -0.3 is 4.42 Å². The number of fused-ring (bicyclic) bond motifs is 3. The van der Waals surface area contributed by atoms with Crippen LogP contribution in [-0.2, 0) is 0 Å². The van der Waals surface area contributed by atoms with Gasteiger partial charge in [-0.2, -0.15) is 0 Å². The SMILES string of the molecule is Cc1cc(-c2cccc3oc4ccccc4c23)nc(-c2ccccc2-c2ccccc2)n1. The highest BCUT2D eigenvalue weighted by molar-refractivity contribution is 6.12. The molecule has 0 spiro atoms. The van der Waals surface area contributed by atoms with Crippen molar-refractivity contribution in [2.75, 3.05) is 0 Å². The third kappa shape index (κ3) is 3.07. The molecule has 3 nitrogen and oxygen atoms in total. The number of aromatic nitrogens is 2. The predicted octanol–water partition coefficient (Wildman–Crippen LogP) is 7.69. The Hall–Kier alpha value is -4.24. The quantitative estimate of drug-likeness (QED) is 0.299. The molecule has 0 bridgehead atoms. The zero-order valence-corrected chi connectivity index (χ0v) is 17.6. The van der Waals surface area contributed by atoms with Gasteiger partial charge in [0, 0.05) is 27.6 Å². The summed E-state index contributed by atoms with van der Waals surface area (Å²) in [7, 11) is 0. The molecule has 6 rings (SSSR count). The van der Waals surface area contributed by atoms with Crippen LogP contribution in [0, 0.1) is 6.92 Å². The van der Waals surface area contributed by atoms with Crippen molar-refractivity contribution in [3.63, 3.8) is 0 Å². The molecule has 32 heavy (non-hydrogen) atoms. The van der Waals surface area contributed by atoms with E-state index in [4.69, 9.17) is 14.4 Å². The fourth-order valence-corrected chi connectivity index (χ4v) is 4.36. The number of benzene rings is 4.